The summed E-state index contributed by atoms with van der Waals surface area (Å²) in [5.74, 6) is -0.557. The van der Waals surface area contributed by atoms with Crippen molar-refractivity contribution in [3.05, 3.63) is 53.6 Å². The van der Waals surface area contributed by atoms with Crippen molar-refractivity contribution in [2.75, 3.05) is 20.1 Å². The fourth-order valence-electron chi connectivity index (χ4n) is 3.54. The van der Waals surface area contributed by atoms with E-state index in [2.05, 4.69) is 5.10 Å². The van der Waals surface area contributed by atoms with Crippen LogP contribution in [0.3, 0.4) is 0 Å². The van der Waals surface area contributed by atoms with Gasteiger partial charge in [-0.05, 0) is 37.6 Å². The molecule has 0 saturated carbocycles. The molecule has 1 atom stereocenters. The van der Waals surface area contributed by atoms with E-state index in [-0.39, 0.29) is 18.3 Å². The first kappa shape index (κ1) is 18.5. The van der Waals surface area contributed by atoms with Crippen LogP contribution in [-0.4, -0.2) is 56.3 Å². The minimum Gasteiger partial charge on any atom is -0.379 e. The Morgan fingerprint density at radius 1 is 1.31 bits per heavy atom. The van der Waals surface area contributed by atoms with E-state index in [1.54, 1.807) is 27.9 Å². The summed E-state index contributed by atoms with van der Waals surface area (Å²) in [6.07, 6.45) is 4.89. The first-order chi connectivity index (χ1) is 12.4. The number of likely N-dealkylation sites (tertiary alicyclic amines) is 1. The normalized spacial score (nSPS) is 20.8. The molecule has 1 aromatic heterocycles. The van der Waals surface area contributed by atoms with Crippen LogP contribution < -0.4 is 0 Å². The van der Waals surface area contributed by atoms with Gasteiger partial charge in [-0.3, -0.25) is 14.4 Å². The molecule has 140 valence electrons. The number of aromatic nitrogens is 2. The van der Waals surface area contributed by atoms with Gasteiger partial charge in [0.1, 0.15) is 5.82 Å². The number of carbonyl (C=O) groups is 1. The summed E-state index contributed by atoms with van der Waals surface area (Å²) in [5.41, 5.74) is 0.493. The molecule has 1 N–H and O–H groups in total. The largest absolute Gasteiger partial charge is 0.379 e. The van der Waals surface area contributed by atoms with E-state index in [1.807, 2.05) is 25.2 Å². The van der Waals surface area contributed by atoms with Gasteiger partial charge in [0.25, 0.3) is 5.91 Å². The van der Waals surface area contributed by atoms with E-state index in [9.17, 15) is 14.3 Å². The van der Waals surface area contributed by atoms with Crippen LogP contribution in [0.15, 0.2) is 36.7 Å². The smallest absolute Gasteiger partial charge is 0.256 e. The molecule has 1 aliphatic rings. The summed E-state index contributed by atoms with van der Waals surface area (Å²) >= 11 is 0. The molecule has 1 aromatic carbocycles. The molecule has 6 nitrogen and oxygen atoms in total. The third kappa shape index (κ3) is 4.28. The van der Waals surface area contributed by atoms with Crippen molar-refractivity contribution in [2.24, 2.45) is 7.05 Å². The second-order valence-electron chi connectivity index (χ2n) is 7.18. The second kappa shape index (κ2) is 7.55. The minimum absolute atomic E-state index is 0.258. The highest BCUT2D eigenvalue weighted by Crippen LogP contribution is 2.25. The molecule has 26 heavy (non-hydrogen) atoms. The summed E-state index contributed by atoms with van der Waals surface area (Å²) in [6, 6.07) is 6.12. The Bertz CT molecular complexity index is 761. The van der Waals surface area contributed by atoms with E-state index in [1.165, 1.54) is 12.1 Å². The summed E-state index contributed by atoms with van der Waals surface area (Å²) in [4.78, 5) is 16.5. The average Bonchev–Trinajstić information content (AvgIpc) is 2.98. The number of piperidine rings is 1. The van der Waals surface area contributed by atoms with Gasteiger partial charge >= 0.3 is 0 Å². The van der Waals surface area contributed by atoms with Crippen molar-refractivity contribution in [2.45, 2.75) is 31.5 Å². The van der Waals surface area contributed by atoms with Crippen molar-refractivity contribution in [1.29, 1.82) is 0 Å². The molecule has 0 spiro atoms. The van der Waals surface area contributed by atoms with Crippen LogP contribution in [0.5, 0.6) is 0 Å². The molecule has 2 heterocycles. The summed E-state index contributed by atoms with van der Waals surface area (Å²) in [7, 11) is 3.74. The highest BCUT2D eigenvalue weighted by Gasteiger charge is 2.42. The monoisotopic (exact) mass is 360 g/mol. The number of amides is 1. The van der Waals surface area contributed by atoms with Crippen molar-refractivity contribution < 1.29 is 14.3 Å². The van der Waals surface area contributed by atoms with Gasteiger partial charge < -0.3 is 10.0 Å². The van der Waals surface area contributed by atoms with Crippen LogP contribution >= 0.6 is 0 Å². The highest BCUT2D eigenvalue weighted by atomic mass is 19.1. The molecule has 2 aromatic rings. The average molecular weight is 360 g/mol. The van der Waals surface area contributed by atoms with Crippen LogP contribution in [0.2, 0.25) is 0 Å². The maximum Gasteiger partial charge on any atom is 0.256 e. The number of hydrogen-bond acceptors (Lipinski definition) is 4. The Kier molecular flexibility index (Phi) is 5.38. The Morgan fingerprint density at radius 3 is 2.69 bits per heavy atom. The highest BCUT2D eigenvalue weighted by molar-refractivity contribution is 5.86. The van der Waals surface area contributed by atoms with E-state index >= 15 is 0 Å². The number of carbonyl (C=O) groups excluding carboxylic acids is 1. The third-order valence-electron chi connectivity index (χ3n) is 4.73. The summed E-state index contributed by atoms with van der Waals surface area (Å²) < 4.78 is 14.8. The Morgan fingerprint density at radius 2 is 2.04 bits per heavy atom. The topological polar surface area (TPSA) is 61.6 Å². The molecular weight excluding hydrogens is 335 g/mol. The predicted molar refractivity (Wildman–Crippen MR) is 95.5 cm³/mol. The Balaban J connectivity index is 1.64. The number of likely N-dealkylation sites (N-methyl/N-ethyl adjacent to an activating group) is 1. The van der Waals surface area contributed by atoms with E-state index in [0.717, 1.165) is 17.5 Å². The first-order valence-corrected chi connectivity index (χ1v) is 8.78. The predicted octanol–water partition coefficient (Wildman–Crippen LogP) is 1.54. The standard InChI is InChI=1S/C19H25FN4O2/c1-22(11-16-10-21-23(2)12-16)14-19(26)8-3-9-24(18(19)25)13-15-4-6-17(20)7-5-15/h4-7,10,12,26H,3,8-9,11,13-14H2,1-2H3/t19-/m0/s1. The number of aliphatic hydroxyl groups is 1. The lowest BCUT2D eigenvalue weighted by Gasteiger charge is -2.40. The molecule has 1 fully saturated rings. The fourth-order valence-corrected chi connectivity index (χ4v) is 3.54. The maximum atomic E-state index is 13.1. The molecule has 0 unspecified atom stereocenters. The van der Waals surface area contributed by atoms with Crippen molar-refractivity contribution >= 4 is 5.91 Å². The number of aryl methyl sites for hydroxylation is 1. The molecule has 0 aliphatic carbocycles. The van der Waals surface area contributed by atoms with Gasteiger partial charge in [-0.1, -0.05) is 12.1 Å². The quantitative estimate of drug-likeness (QED) is 0.849. The van der Waals surface area contributed by atoms with Crippen molar-refractivity contribution in [3.8, 4) is 0 Å². The zero-order valence-corrected chi connectivity index (χ0v) is 15.2. The molecule has 1 saturated heterocycles. The number of rotatable bonds is 6. The number of benzene rings is 1. The van der Waals surface area contributed by atoms with Gasteiger partial charge in [0, 0.05) is 45.0 Å². The summed E-state index contributed by atoms with van der Waals surface area (Å²) in [6.45, 7) is 1.86. The lowest BCUT2D eigenvalue weighted by atomic mass is 9.90. The van der Waals surface area contributed by atoms with Gasteiger partial charge in [0.05, 0.1) is 6.20 Å². The van der Waals surface area contributed by atoms with Crippen LogP contribution in [0, 0.1) is 5.82 Å². The zero-order chi connectivity index (χ0) is 18.7. The molecule has 0 radical (unpaired) electrons. The fraction of sp³-hybridized carbons (Fsp3) is 0.474. The van der Waals surface area contributed by atoms with Gasteiger partial charge in [0.2, 0.25) is 0 Å². The maximum absolute atomic E-state index is 13.1. The number of halogens is 1. The van der Waals surface area contributed by atoms with Gasteiger partial charge in [0.15, 0.2) is 5.60 Å². The Labute approximate surface area is 152 Å². The first-order valence-electron chi connectivity index (χ1n) is 8.78. The van der Waals surface area contributed by atoms with E-state index in [4.69, 9.17) is 0 Å². The number of nitrogens with zero attached hydrogens (tertiary/aromatic N) is 4. The molecule has 1 amide bonds. The zero-order valence-electron chi connectivity index (χ0n) is 15.2. The Hall–Kier alpha value is -2.25. The number of hydrogen-bond donors (Lipinski definition) is 1. The molecule has 1 aliphatic heterocycles. The third-order valence-corrected chi connectivity index (χ3v) is 4.73. The summed E-state index contributed by atoms with van der Waals surface area (Å²) in [5, 5.41) is 15.1. The van der Waals surface area contributed by atoms with Gasteiger partial charge in [-0.2, -0.15) is 5.10 Å². The van der Waals surface area contributed by atoms with Crippen LogP contribution in [0.25, 0.3) is 0 Å². The molecular formula is C19H25FN4O2. The van der Waals surface area contributed by atoms with Crippen LogP contribution in [0.1, 0.15) is 24.0 Å². The SMILES string of the molecule is CN(Cc1cnn(C)c1)C[C@@]1(O)CCCN(Cc2ccc(F)cc2)C1=O. The van der Waals surface area contributed by atoms with Gasteiger partial charge in [-0.15, -0.1) is 0 Å². The van der Waals surface area contributed by atoms with Gasteiger partial charge in [-0.25, -0.2) is 4.39 Å². The van der Waals surface area contributed by atoms with Crippen LogP contribution in [0.4, 0.5) is 4.39 Å². The van der Waals surface area contributed by atoms with Crippen molar-refractivity contribution in [1.82, 2.24) is 19.6 Å². The molecule has 3 rings (SSSR count). The van der Waals surface area contributed by atoms with Crippen molar-refractivity contribution in [3.63, 3.8) is 0 Å². The van der Waals surface area contributed by atoms with E-state index in [0.29, 0.717) is 26.1 Å². The lowest BCUT2D eigenvalue weighted by molar-refractivity contribution is -0.160. The minimum atomic E-state index is -1.39. The molecule has 7 heteroatoms. The second-order valence-corrected chi connectivity index (χ2v) is 7.18. The van der Waals surface area contributed by atoms with Crippen LogP contribution in [-0.2, 0) is 24.9 Å². The molecule has 0 bridgehead atoms. The lowest BCUT2D eigenvalue weighted by Crippen LogP contribution is -2.57. The van der Waals surface area contributed by atoms with E-state index < -0.39 is 5.60 Å².